The van der Waals surface area contributed by atoms with Gasteiger partial charge in [-0.1, -0.05) is 23.7 Å². The largest absolute Gasteiger partial charge is 0.360 e. The van der Waals surface area contributed by atoms with Gasteiger partial charge in [0, 0.05) is 24.7 Å². The van der Waals surface area contributed by atoms with E-state index in [1.165, 1.54) is 6.33 Å². The monoisotopic (exact) mass is 390 g/mol. The van der Waals surface area contributed by atoms with Crippen molar-refractivity contribution < 1.29 is 4.92 Å². The maximum Gasteiger partial charge on any atom is 0.353 e. The lowest BCUT2D eigenvalue weighted by molar-refractivity contribution is -0.383. The number of hydrogen-bond acceptors (Lipinski definition) is 7. The van der Waals surface area contributed by atoms with Gasteiger partial charge in [-0.25, -0.2) is 9.97 Å². The van der Waals surface area contributed by atoms with Crippen molar-refractivity contribution in [1.82, 2.24) is 14.9 Å². The fraction of sp³-hybridized carbons (Fsp3) is 0.444. The van der Waals surface area contributed by atoms with E-state index in [2.05, 4.69) is 27.2 Å². The molecule has 0 saturated carbocycles. The summed E-state index contributed by atoms with van der Waals surface area (Å²) in [7, 11) is 3.95. The van der Waals surface area contributed by atoms with Crippen LogP contribution >= 0.6 is 11.6 Å². The standard InChI is InChI=1S/C18H23ClN6O2/c1-23-9-7-15(8-10-23)24(2)18-16(25(26)27)17(21-12-22-18)20-11-13-3-5-14(19)6-4-13/h3-6,12,15H,7-11H2,1-2H3,(H,20,21,22). The van der Waals surface area contributed by atoms with Gasteiger partial charge >= 0.3 is 5.69 Å². The van der Waals surface area contributed by atoms with E-state index in [0.717, 1.165) is 31.5 Å². The smallest absolute Gasteiger partial charge is 0.353 e. The molecule has 144 valence electrons. The molecule has 2 aromatic rings. The average Bonchev–Trinajstić information content (AvgIpc) is 2.67. The zero-order valence-electron chi connectivity index (χ0n) is 15.4. The van der Waals surface area contributed by atoms with Crippen molar-refractivity contribution in [3.8, 4) is 0 Å². The first kappa shape index (κ1) is 19.3. The van der Waals surface area contributed by atoms with E-state index in [1.54, 1.807) is 12.1 Å². The normalized spacial score (nSPS) is 15.5. The Bertz CT molecular complexity index is 793. The van der Waals surface area contributed by atoms with E-state index in [-0.39, 0.29) is 17.5 Å². The molecule has 3 rings (SSSR count). The Hall–Kier alpha value is -2.45. The zero-order valence-corrected chi connectivity index (χ0v) is 16.2. The summed E-state index contributed by atoms with van der Waals surface area (Å²) in [6.07, 6.45) is 3.27. The maximum atomic E-state index is 11.8. The van der Waals surface area contributed by atoms with Crippen LogP contribution in [0.2, 0.25) is 5.02 Å². The summed E-state index contributed by atoms with van der Waals surface area (Å²) in [4.78, 5) is 23.9. The lowest BCUT2D eigenvalue weighted by Crippen LogP contribution is -2.42. The first-order chi connectivity index (χ1) is 13.0. The Labute approximate surface area is 163 Å². The van der Waals surface area contributed by atoms with Crippen LogP contribution < -0.4 is 10.2 Å². The van der Waals surface area contributed by atoms with Crippen molar-refractivity contribution in [3.63, 3.8) is 0 Å². The number of hydrogen-bond donors (Lipinski definition) is 1. The Morgan fingerprint density at radius 3 is 2.59 bits per heavy atom. The molecule has 0 unspecified atom stereocenters. The summed E-state index contributed by atoms with van der Waals surface area (Å²) in [6.45, 7) is 2.34. The molecule has 2 heterocycles. The molecule has 1 saturated heterocycles. The minimum Gasteiger partial charge on any atom is -0.360 e. The van der Waals surface area contributed by atoms with Crippen molar-refractivity contribution >= 4 is 28.9 Å². The van der Waals surface area contributed by atoms with Gasteiger partial charge in [-0.2, -0.15) is 0 Å². The molecule has 1 aromatic heterocycles. The maximum absolute atomic E-state index is 11.8. The van der Waals surface area contributed by atoms with Gasteiger partial charge in [-0.05, 0) is 50.7 Å². The molecule has 0 atom stereocenters. The van der Waals surface area contributed by atoms with Gasteiger partial charge in [0.15, 0.2) is 0 Å². The van der Waals surface area contributed by atoms with Crippen LogP contribution in [0.5, 0.6) is 0 Å². The van der Waals surface area contributed by atoms with E-state index >= 15 is 0 Å². The molecule has 9 heteroatoms. The van der Waals surface area contributed by atoms with Crippen LogP contribution in [0.25, 0.3) is 0 Å². The molecule has 1 N–H and O–H groups in total. The Kier molecular flexibility index (Phi) is 6.08. The van der Waals surface area contributed by atoms with E-state index in [0.29, 0.717) is 17.4 Å². The predicted octanol–water partition coefficient (Wildman–Crippen LogP) is 3.18. The molecule has 8 nitrogen and oxygen atoms in total. The Morgan fingerprint density at radius 2 is 1.96 bits per heavy atom. The van der Waals surface area contributed by atoms with Crippen LogP contribution in [-0.2, 0) is 6.54 Å². The molecular formula is C18H23ClN6O2. The van der Waals surface area contributed by atoms with E-state index in [1.807, 2.05) is 24.1 Å². The second-order valence-corrected chi connectivity index (χ2v) is 7.21. The number of benzene rings is 1. The van der Waals surface area contributed by atoms with E-state index < -0.39 is 4.92 Å². The number of piperidine rings is 1. The van der Waals surface area contributed by atoms with Crippen LogP contribution in [0.1, 0.15) is 18.4 Å². The first-order valence-corrected chi connectivity index (χ1v) is 9.22. The van der Waals surface area contributed by atoms with Crippen LogP contribution in [0.4, 0.5) is 17.3 Å². The number of likely N-dealkylation sites (tertiary alicyclic amines) is 1. The van der Waals surface area contributed by atoms with Crippen molar-refractivity contribution in [2.45, 2.75) is 25.4 Å². The quantitative estimate of drug-likeness (QED) is 0.598. The molecule has 1 aliphatic heterocycles. The molecule has 1 aromatic carbocycles. The van der Waals surface area contributed by atoms with Crippen LogP contribution in [0, 0.1) is 10.1 Å². The minimum atomic E-state index is -0.412. The third-order valence-corrected chi connectivity index (χ3v) is 5.18. The summed E-state index contributed by atoms with van der Waals surface area (Å²) in [5, 5.41) is 15.5. The van der Waals surface area contributed by atoms with Gasteiger partial charge in [0.2, 0.25) is 11.6 Å². The second kappa shape index (κ2) is 8.49. The molecule has 0 radical (unpaired) electrons. The van der Waals surface area contributed by atoms with E-state index in [4.69, 9.17) is 11.6 Å². The SMILES string of the molecule is CN1CCC(N(C)c2ncnc(NCc3ccc(Cl)cc3)c2[N+](=O)[O-])CC1. The number of anilines is 2. The van der Waals surface area contributed by atoms with Crippen molar-refractivity contribution in [1.29, 1.82) is 0 Å². The number of aromatic nitrogens is 2. The Balaban J connectivity index is 1.81. The first-order valence-electron chi connectivity index (χ1n) is 8.85. The molecule has 0 spiro atoms. The molecule has 0 amide bonds. The number of rotatable bonds is 6. The summed E-state index contributed by atoms with van der Waals surface area (Å²) in [5.74, 6) is 0.572. The molecular weight excluding hydrogens is 368 g/mol. The number of nitro groups is 1. The fourth-order valence-electron chi connectivity index (χ4n) is 3.27. The van der Waals surface area contributed by atoms with Gasteiger partial charge in [-0.3, -0.25) is 10.1 Å². The summed E-state index contributed by atoms with van der Waals surface area (Å²) < 4.78 is 0. The number of halogens is 1. The molecule has 0 aliphatic carbocycles. The molecule has 1 fully saturated rings. The molecule has 0 bridgehead atoms. The van der Waals surface area contributed by atoms with Crippen LogP contribution in [-0.4, -0.2) is 53.0 Å². The number of nitrogens with one attached hydrogen (secondary N) is 1. The van der Waals surface area contributed by atoms with Crippen LogP contribution in [0.3, 0.4) is 0 Å². The minimum absolute atomic E-state index is 0.0899. The molecule has 27 heavy (non-hydrogen) atoms. The highest BCUT2D eigenvalue weighted by atomic mass is 35.5. The summed E-state index contributed by atoms with van der Waals surface area (Å²) in [6, 6.07) is 7.53. The topological polar surface area (TPSA) is 87.4 Å². The Morgan fingerprint density at radius 1 is 1.30 bits per heavy atom. The second-order valence-electron chi connectivity index (χ2n) is 6.78. The van der Waals surface area contributed by atoms with Crippen molar-refractivity contribution in [2.75, 3.05) is 37.4 Å². The predicted molar refractivity (Wildman–Crippen MR) is 106 cm³/mol. The van der Waals surface area contributed by atoms with Gasteiger partial charge < -0.3 is 15.1 Å². The lowest BCUT2D eigenvalue weighted by atomic mass is 10.0. The average molecular weight is 391 g/mol. The highest BCUT2D eigenvalue weighted by Crippen LogP contribution is 2.33. The summed E-state index contributed by atoms with van der Waals surface area (Å²) in [5.41, 5.74) is 0.866. The highest BCUT2D eigenvalue weighted by molar-refractivity contribution is 6.30. The van der Waals surface area contributed by atoms with Crippen LogP contribution in [0.15, 0.2) is 30.6 Å². The van der Waals surface area contributed by atoms with Crippen molar-refractivity contribution in [3.05, 3.63) is 51.3 Å². The number of nitrogens with zero attached hydrogens (tertiary/aromatic N) is 5. The van der Waals surface area contributed by atoms with E-state index in [9.17, 15) is 10.1 Å². The van der Waals surface area contributed by atoms with Crippen molar-refractivity contribution in [2.24, 2.45) is 0 Å². The third kappa shape index (κ3) is 4.64. The van der Waals surface area contributed by atoms with Gasteiger partial charge in [-0.15, -0.1) is 0 Å². The summed E-state index contributed by atoms with van der Waals surface area (Å²) >= 11 is 5.90. The van der Waals surface area contributed by atoms with Gasteiger partial charge in [0.1, 0.15) is 6.33 Å². The fourth-order valence-corrected chi connectivity index (χ4v) is 3.39. The molecule has 1 aliphatic rings. The third-order valence-electron chi connectivity index (χ3n) is 4.93. The lowest BCUT2D eigenvalue weighted by Gasteiger charge is -2.35. The van der Waals surface area contributed by atoms with Gasteiger partial charge in [0.25, 0.3) is 0 Å². The zero-order chi connectivity index (χ0) is 19.4. The van der Waals surface area contributed by atoms with Gasteiger partial charge in [0.05, 0.1) is 4.92 Å². The highest BCUT2D eigenvalue weighted by Gasteiger charge is 2.30.